The summed E-state index contributed by atoms with van der Waals surface area (Å²) >= 11 is 0. The average molecular weight is 269 g/mol. The van der Waals surface area contributed by atoms with E-state index < -0.39 is 0 Å². The molecule has 1 aliphatic rings. The zero-order valence-corrected chi connectivity index (χ0v) is 10.5. The van der Waals surface area contributed by atoms with Crippen molar-refractivity contribution >= 4 is 12.4 Å². The van der Waals surface area contributed by atoms with E-state index in [-0.39, 0.29) is 18.2 Å². The van der Waals surface area contributed by atoms with Crippen molar-refractivity contribution in [1.82, 2.24) is 20.1 Å². The van der Waals surface area contributed by atoms with Crippen molar-refractivity contribution in [3.63, 3.8) is 0 Å². The summed E-state index contributed by atoms with van der Waals surface area (Å²) in [6, 6.07) is 6.38. The van der Waals surface area contributed by atoms with Crippen LogP contribution in [0.25, 0.3) is 5.69 Å². The first-order valence-corrected chi connectivity index (χ1v) is 5.71. The SMILES string of the molecule is Cl.Fc1ccc(-n2cnnc2C2CCNC2)cc1. The van der Waals surface area contributed by atoms with E-state index in [1.807, 2.05) is 4.57 Å². The van der Waals surface area contributed by atoms with Crippen molar-refractivity contribution in [2.24, 2.45) is 0 Å². The first-order chi connectivity index (χ1) is 8.34. The van der Waals surface area contributed by atoms with E-state index in [9.17, 15) is 4.39 Å². The number of halogens is 2. The third-order valence-corrected chi connectivity index (χ3v) is 3.10. The lowest BCUT2D eigenvalue weighted by Crippen LogP contribution is -2.11. The van der Waals surface area contributed by atoms with Crippen LogP contribution in [0.1, 0.15) is 18.2 Å². The molecule has 0 saturated carbocycles. The summed E-state index contributed by atoms with van der Waals surface area (Å²) in [4.78, 5) is 0. The fourth-order valence-electron chi connectivity index (χ4n) is 2.20. The van der Waals surface area contributed by atoms with Crippen LogP contribution in [0.3, 0.4) is 0 Å². The van der Waals surface area contributed by atoms with E-state index in [0.29, 0.717) is 5.92 Å². The predicted octanol–water partition coefficient (Wildman–Crippen LogP) is 1.91. The minimum Gasteiger partial charge on any atom is -0.316 e. The van der Waals surface area contributed by atoms with Crippen molar-refractivity contribution in [1.29, 1.82) is 0 Å². The maximum atomic E-state index is 12.9. The number of hydrogen-bond acceptors (Lipinski definition) is 3. The van der Waals surface area contributed by atoms with Crippen LogP contribution in [0.2, 0.25) is 0 Å². The van der Waals surface area contributed by atoms with Gasteiger partial charge in [0.15, 0.2) is 0 Å². The van der Waals surface area contributed by atoms with Gasteiger partial charge in [0, 0.05) is 18.2 Å². The highest BCUT2D eigenvalue weighted by Crippen LogP contribution is 2.22. The number of hydrogen-bond donors (Lipinski definition) is 1. The molecule has 1 atom stereocenters. The van der Waals surface area contributed by atoms with Gasteiger partial charge in [-0.05, 0) is 37.2 Å². The zero-order valence-electron chi connectivity index (χ0n) is 9.71. The summed E-state index contributed by atoms with van der Waals surface area (Å²) in [5.74, 6) is 1.11. The first kappa shape index (κ1) is 13.0. The van der Waals surface area contributed by atoms with Gasteiger partial charge in [-0.25, -0.2) is 4.39 Å². The van der Waals surface area contributed by atoms with Gasteiger partial charge in [0.2, 0.25) is 0 Å². The number of rotatable bonds is 2. The fourth-order valence-corrected chi connectivity index (χ4v) is 2.20. The van der Waals surface area contributed by atoms with Crippen LogP contribution >= 0.6 is 12.4 Å². The Morgan fingerprint density at radius 2 is 2.06 bits per heavy atom. The molecule has 0 amide bonds. The summed E-state index contributed by atoms with van der Waals surface area (Å²) in [7, 11) is 0. The molecular formula is C12H14ClFN4. The second-order valence-electron chi connectivity index (χ2n) is 4.23. The molecule has 6 heteroatoms. The lowest BCUT2D eigenvalue weighted by atomic mass is 10.1. The van der Waals surface area contributed by atoms with Gasteiger partial charge in [0.25, 0.3) is 0 Å². The van der Waals surface area contributed by atoms with Gasteiger partial charge in [0.05, 0.1) is 0 Å². The van der Waals surface area contributed by atoms with E-state index in [4.69, 9.17) is 0 Å². The molecule has 4 nitrogen and oxygen atoms in total. The van der Waals surface area contributed by atoms with Gasteiger partial charge in [-0.15, -0.1) is 22.6 Å². The minimum atomic E-state index is -0.231. The molecule has 0 aliphatic carbocycles. The molecule has 2 heterocycles. The molecule has 3 rings (SSSR count). The quantitative estimate of drug-likeness (QED) is 0.905. The second kappa shape index (κ2) is 5.46. The van der Waals surface area contributed by atoms with Gasteiger partial charge in [-0.2, -0.15) is 0 Å². The third kappa shape index (κ3) is 2.37. The third-order valence-electron chi connectivity index (χ3n) is 3.10. The highest BCUT2D eigenvalue weighted by atomic mass is 35.5. The summed E-state index contributed by atoms with van der Waals surface area (Å²) < 4.78 is 14.8. The second-order valence-corrected chi connectivity index (χ2v) is 4.23. The Morgan fingerprint density at radius 1 is 1.28 bits per heavy atom. The molecule has 0 spiro atoms. The number of nitrogens with one attached hydrogen (secondary N) is 1. The molecule has 1 unspecified atom stereocenters. The topological polar surface area (TPSA) is 42.7 Å². The normalized spacial score (nSPS) is 18.6. The smallest absolute Gasteiger partial charge is 0.141 e. The van der Waals surface area contributed by atoms with Crippen LogP contribution in [-0.4, -0.2) is 27.9 Å². The Balaban J connectivity index is 0.00000120. The molecule has 0 bridgehead atoms. The van der Waals surface area contributed by atoms with E-state index in [1.165, 1.54) is 12.1 Å². The fraction of sp³-hybridized carbons (Fsp3) is 0.333. The first-order valence-electron chi connectivity index (χ1n) is 5.71. The summed E-state index contributed by atoms with van der Waals surface area (Å²) in [6.45, 7) is 1.95. The molecule has 2 aromatic rings. The highest BCUT2D eigenvalue weighted by Gasteiger charge is 2.22. The molecule has 1 saturated heterocycles. The average Bonchev–Trinajstić information content (AvgIpc) is 3.00. The Kier molecular flexibility index (Phi) is 3.93. The van der Waals surface area contributed by atoms with Crippen LogP contribution in [-0.2, 0) is 0 Å². The maximum Gasteiger partial charge on any atom is 0.141 e. The van der Waals surface area contributed by atoms with Crippen LogP contribution in [0.15, 0.2) is 30.6 Å². The summed E-state index contributed by atoms with van der Waals surface area (Å²) in [6.07, 6.45) is 2.75. The molecule has 18 heavy (non-hydrogen) atoms. The van der Waals surface area contributed by atoms with Gasteiger partial charge in [-0.3, -0.25) is 4.57 Å². The van der Waals surface area contributed by atoms with Crippen LogP contribution in [0.4, 0.5) is 4.39 Å². The van der Waals surface area contributed by atoms with Crippen molar-refractivity contribution in [3.8, 4) is 5.69 Å². The predicted molar refractivity (Wildman–Crippen MR) is 68.8 cm³/mol. The molecule has 1 aromatic carbocycles. The van der Waals surface area contributed by atoms with E-state index in [1.54, 1.807) is 18.5 Å². The highest BCUT2D eigenvalue weighted by molar-refractivity contribution is 5.85. The lowest BCUT2D eigenvalue weighted by molar-refractivity contribution is 0.626. The number of benzene rings is 1. The Bertz CT molecular complexity index is 505. The Hall–Kier alpha value is -1.46. The van der Waals surface area contributed by atoms with Crippen LogP contribution < -0.4 is 5.32 Å². The van der Waals surface area contributed by atoms with Gasteiger partial charge < -0.3 is 5.32 Å². The molecule has 96 valence electrons. The van der Waals surface area contributed by atoms with Gasteiger partial charge in [-0.1, -0.05) is 0 Å². The minimum absolute atomic E-state index is 0. The largest absolute Gasteiger partial charge is 0.316 e. The molecule has 0 radical (unpaired) electrons. The standard InChI is InChI=1S/C12H13FN4.ClH/c13-10-1-3-11(4-2-10)17-8-15-16-12(17)9-5-6-14-7-9;/h1-4,8-9,14H,5-7H2;1H. The molecule has 1 aliphatic heterocycles. The van der Waals surface area contributed by atoms with Crippen molar-refractivity contribution in [3.05, 3.63) is 42.2 Å². The van der Waals surface area contributed by atoms with E-state index >= 15 is 0 Å². The lowest BCUT2D eigenvalue weighted by Gasteiger charge is -2.10. The van der Waals surface area contributed by atoms with Crippen molar-refractivity contribution < 1.29 is 4.39 Å². The zero-order chi connectivity index (χ0) is 11.7. The molecular weight excluding hydrogens is 255 g/mol. The Morgan fingerprint density at radius 3 is 2.72 bits per heavy atom. The van der Waals surface area contributed by atoms with Crippen LogP contribution in [0, 0.1) is 5.82 Å². The van der Waals surface area contributed by atoms with Crippen molar-refractivity contribution in [2.45, 2.75) is 12.3 Å². The molecule has 1 N–H and O–H groups in total. The van der Waals surface area contributed by atoms with E-state index in [2.05, 4.69) is 15.5 Å². The van der Waals surface area contributed by atoms with Crippen LogP contribution in [0.5, 0.6) is 0 Å². The van der Waals surface area contributed by atoms with Gasteiger partial charge in [0.1, 0.15) is 18.0 Å². The van der Waals surface area contributed by atoms with Crippen molar-refractivity contribution in [2.75, 3.05) is 13.1 Å². The Labute approximate surface area is 111 Å². The summed E-state index contributed by atoms with van der Waals surface area (Å²) in [5.41, 5.74) is 0.901. The molecule has 1 fully saturated rings. The maximum absolute atomic E-state index is 12.9. The molecule has 1 aromatic heterocycles. The van der Waals surface area contributed by atoms with Gasteiger partial charge >= 0.3 is 0 Å². The number of aromatic nitrogens is 3. The summed E-state index contributed by atoms with van der Waals surface area (Å²) in [5, 5.41) is 11.4. The monoisotopic (exact) mass is 268 g/mol. The van der Waals surface area contributed by atoms with E-state index in [0.717, 1.165) is 31.0 Å². The number of nitrogens with zero attached hydrogens (tertiary/aromatic N) is 3.